The SMILES string of the molecule is O=C(C[n+]1cc([O-])on1)NCc1cccnc1Oc1ccc(F)c(F)c1. The van der Waals surface area contributed by atoms with E-state index in [9.17, 15) is 18.7 Å². The lowest BCUT2D eigenvalue weighted by Gasteiger charge is -2.10. The summed E-state index contributed by atoms with van der Waals surface area (Å²) < 4.78 is 37.1. The lowest BCUT2D eigenvalue weighted by atomic mass is 10.2. The van der Waals surface area contributed by atoms with Crippen LogP contribution < -0.4 is 19.8 Å². The third-order valence-corrected chi connectivity index (χ3v) is 3.23. The summed E-state index contributed by atoms with van der Waals surface area (Å²) in [6, 6.07) is 6.39. The minimum absolute atomic E-state index is 0.0638. The van der Waals surface area contributed by atoms with Gasteiger partial charge in [-0.3, -0.25) is 4.79 Å². The molecule has 0 saturated carbocycles. The maximum absolute atomic E-state index is 13.3. The van der Waals surface area contributed by atoms with Crippen molar-refractivity contribution >= 4 is 5.91 Å². The molecule has 1 amide bonds. The number of nitrogens with zero attached hydrogens (tertiary/aromatic N) is 3. The van der Waals surface area contributed by atoms with Crippen LogP contribution in [0.2, 0.25) is 0 Å². The van der Waals surface area contributed by atoms with Crippen LogP contribution in [0.15, 0.2) is 47.2 Å². The molecule has 0 aliphatic carbocycles. The van der Waals surface area contributed by atoms with Crippen molar-refractivity contribution in [2.24, 2.45) is 0 Å². The highest BCUT2D eigenvalue weighted by Gasteiger charge is 2.14. The molecule has 2 aromatic heterocycles. The Morgan fingerprint density at radius 1 is 1.31 bits per heavy atom. The van der Waals surface area contributed by atoms with Gasteiger partial charge in [0.2, 0.25) is 12.1 Å². The zero-order valence-corrected chi connectivity index (χ0v) is 13.2. The molecule has 134 valence electrons. The van der Waals surface area contributed by atoms with E-state index in [1.165, 1.54) is 12.3 Å². The Morgan fingerprint density at radius 3 is 2.88 bits per heavy atom. The summed E-state index contributed by atoms with van der Waals surface area (Å²) in [5, 5.41) is 16.8. The number of halogens is 2. The van der Waals surface area contributed by atoms with Crippen molar-refractivity contribution in [3.05, 3.63) is 59.9 Å². The molecule has 1 aromatic carbocycles. The lowest BCUT2D eigenvalue weighted by molar-refractivity contribution is -0.751. The van der Waals surface area contributed by atoms with Gasteiger partial charge in [0.05, 0.1) is 5.27 Å². The van der Waals surface area contributed by atoms with Gasteiger partial charge in [0, 0.05) is 24.4 Å². The van der Waals surface area contributed by atoms with Gasteiger partial charge < -0.3 is 19.7 Å². The number of nitrogens with one attached hydrogen (secondary N) is 1. The average molecular weight is 362 g/mol. The smallest absolute Gasteiger partial charge is 0.288 e. The van der Waals surface area contributed by atoms with E-state index in [1.807, 2.05) is 0 Å². The Labute approximate surface area is 145 Å². The van der Waals surface area contributed by atoms with Crippen LogP contribution >= 0.6 is 0 Å². The van der Waals surface area contributed by atoms with Gasteiger partial charge >= 0.3 is 0 Å². The van der Waals surface area contributed by atoms with E-state index in [0.29, 0.717) is 5.56 Å². The minimum Gasteiger partial charge on any atom is -0.539 e. The first-order chi connectivity index (χ1) is 12.5. The van der Waals surface area contributed by atoms with E-state index >= 15 is 0 Å². The molecule has 0 unspecified atom stereocenters. The van der Waals surface area contributed by atoms with Crippen LogP contribution in [0.3, 0.4) is 0 Å². The highest BCUT2D eigenvalue weighted by molar-refractivity contribution is 5.74. The molecule has 0 bridgehead atoms. The maximum atomic E-state index is 13.3. The molecule has 0 aliphatic rings. The first kappa shape index (κ1) is 17.3. The number of pyridine rings is 1. The number of hydrogen-bond donors (Lipinski definition) is 1. The molecule has 0 radical (unpaired) electrons. The predicted octanol–water partition coefficient (Wildman–Crippen LogP) is 0.818. The molecular weight excluding hydrogens is 350 g/mol. The second-order valence-electron chi connectivity index (χ2n) is 5.14. The number of aromatic nitrogens is 3. The summed E-state index contributed by atoms with van der Waals surface area (Å²) in [6.45, 7) is -0.139. The van der Waals surface area contributed by atoms with Crippen LogP contribution in [0.5, 0.6) is 17.6 Å². The van der Waals surface area contributed by atoms with E-state index in [4.69, 9.17) is 4.74 Å². The first-order valence-electron chi connectivity index (χ1n) is 7.38. The molecule has 0 aliphatic heterocycles. The highest BCUT2D eigenvalue weighted by atomic mass is 19.2. The summed E-state index contributed by atoms with van der Waals surface area (Å²) in [5.41, 5.74) is 0.514. The number of hydrogen-bond acceptors (Lipinski definition) is 6. The van der Waals surface area contributed by atoms with E-state index in [0.717, 1.165) is 23.0 Å². The number of benzene rings is 1. The van der Waals surface area contributed by atoms with Crippen molar-refractivity contribution in [1.82, 2.24) is 15.6 Å². The average Bonchev–Trinajstić information content (AvgIpc) is 3.02. The lowest BCUT2D eigenvalue weighted by Crippen LogP contribution is -2.43. The van der Waals surface area contributed by atoms with Crippen molar-refractivity contribution in [2.75, 3.05) is 0 Å². The summed E-state index contributed by atoms with van der Waals surface area (Å²) in [4.78, 5) is 15.9. The number of carbonyl (C=O) groups is 1. The number of carbonyl (C=O) groups excluding carboxylic acids is 1. The Balaban J connectivity index is 1.65. The van der Waals surface area contributed by atoms with Crippen molar-refractivity contribution in [3.8, 4) is 17.6 Å². The van der Waals surface area contributed by atoms with Gasteiger partial charge in [-0.25, -0.2) is 13.8 Å². The zero-order valence-electron chi connectivity index (χ0n) is 13.2. The molecule has 3 aromatic rings. The Hall–Kier alpha value is -3.56. The standard InChI is InChI=1S/C16H12F2N4O4/c17-12-4-3-11(6-13(12)18)25-16-10(2-1-5-19-16)7-20-14(23)8-22-9-15(24)26-21-22/h1-6,9H,7-8H2,(H-,20,21,23,24). The summed E-state index contributed by atoms with van der Waals surface area (Å²) in [5.74, 6) is -2.92. The third-order valence-electron chi connectivity index (χ3n) is 3.23. The molecule has 0 spiro atoms. The van der Waals surface area contributed by atoms with Crippen LogP contribution in [0.4, 0.5) is 8.78 Å². The molecule has 1 N–H and O–H groups in total. The molecule has 8 nitrogen and oxygen atoms in total. The van der Waals surface area contributed by atoms with Gasteiger partial charge in [-0.05, 0) is 18.2 Å². The monoisotopic (exact) mass is 362 g/mol. The third kappa shape index (κ3) is 4.29. The molecule has 10 heteroatoms. The fourth-order valence-corrected chi connectivity index (χ4v) is 2.04. The summed E-state index contributed by atoms with van der Waals surface area (Å²) in [7, 11) is 0. The van der Waals surface area contributed by atoms with Gasteiger partial charge in [0.15, 0.2) is 11.6 Å². The quantitative estimate of drug-likeness (QED) is 0.651. The number of rotatable bonds is 6. The Morgan fingerprint density at radius 2 is 2.15 bits per heavy atom. The normalized spacial score (nSPS) is 10.5. The first-order valence-corrected chi connectivity index (χ1v) is 7.38. The van der Waals surface area contributed by atoms with Gasteiger partial charge in [-0.2, -0.15) is 0 Å². The van der Waals surface area contributed by atoms with Crippen LogP contribution in [-0.4, -0.2) is 16.2 Å². The fourth-order valence-electron chi connectivity index (χ4n) is 2.04. The number of amides is 1. The van der Waals surface area contributed by atoms with Gasteiger partial charge in [-0.1, -0.05) is 10.7 Å². The van der Waals surface area contributed by atoms with E-state index in [-0.39, 0.29) is 24.7 Å². The van der Waals surface area contributed by atoms with Crippen molar-refractivity contribution in [2.45, 2.75) is 13.1 Å². The van der Waals surface area contributed by atoms with Gasteiger partial charge in [0.1, 0.15) is 11.7 Å². The topological polar surface area (TPSA) is 104 Å². The van der Waals surface area contributed by atoms with Crippen LogP contribution in [-0.2, 0) is 17.9 Å². The molecule has 3 rings (SSSR count). The molecule has 0 saturated heterocycles. The Bertz CT molecular complexity index is 932. The molecule has 26 heavy (non-hydrogen) atoms. The van der Waals surface area contributed by atoms with Crippen molar-refractivity contribution < 1.29 is 32.6 Å². The van der Waals surface area contributed by atoms with Crippen LogP contribution in [0.1, 0.15) is 5.56 Å². The van der Waals surface area contributed by atoms with Gasteiger partial charge in [0.25, 0.3) is 12.5 Å². The summed E-state index contributed by atoms with van der Waals surface area (Å²) in [6.07, 6.45) is 2.50. The van der Waals surface area contributed by atoms with Crippen molar-refractivity contribution in [1.29, 1.82) is 0 Å². The molecular formula is C16H12F2N4O4. The second kappa shape index (κ2) is 7.55. The zero-order chi connectivity index (χ0) is 18.5. The van der Waals surface area contributed by atoms with Crippen LogP contribution in [0.25, 0.3) is 0 Å². The van der Waals surface area contributed by atoms with Gasteiger partial charge in [-0.15, -0.1) is 0 Å². The number of ether oxygens (including phenoxy) is 1. The Kier molecular flexibility index (Phi) is 5.02. The summed E-state index contributed by atoms with van der Waals surface area (Å²) >= 11 is 0. The predicted molar refractivity (Wildman–Crippen MR) is 78.7 cm³/mol. The van der Waals surface area contributed by atoms with Crippen LogP contribution in [0, 0.1) is 11.6 Å². The highest BCUT2D eigenvalue weighted by Crippen LogP contribution is 2.24. The molecule has 0 fully saturated rings. The molecule has 2 heterocycles. The van der Waals surface area contributed by atoms with E-state index in [1.54, 1.807) is 12.1 Å². The van der Waals surface area contributed by atoms with E-state index < -0.39 is 23.5 Å². The van der Waals surface area contributed by atoms with E-state index in [2.05, 4.69) is 20.1 Å². The molecule has 0 atom stereocenters. The minimum atomic E-state index is -1.05. The largest absolute Gasteiger partial charge is 0.539 e. The van der Waals surface area contributed by atoms with Crippen molar-refractivity contribution in [3.63, 3.8) is 0 Å². The second-order valence-corrected chi connectivity index (χ2v) is 5.14. The fraction of sp³-hybridized carbons (Fsp3) is 0.125. The maximum Gasteiger partial charge on any atom is 0.288 e.